The normalized spacial score (nSPS) is 25.6. The SMILES string of the molecule is OCC#CC(O)C1CCCCC1(CO)CO. The topological polar surface area (TPSA) is 80.9 Å². The molecule has 0 aromatic rings. The molecule has 0 radical (unpaired) electrons. The van der Waals surface area contributed by atoms with Gasteiger partial charge < -0.3 is 20.4 Å². The van der Waals surface area contributed by atoms with E-state index in [2.05, 4.69) is 11.8 Å². The maximum Gasteiger partial charge on any atom is 0.118 e. The molecule has 0 aromatic carbocycles. The fourth-order valence-electron chi connectivity index (χ4n) is 2.52. The number of hydrogen-bond acceptors (Lipinski definition) is 4. The van der Waals surface area contributed by atoms with Crippen molar-refractivity contribution in [2.24, 2.45) is 11.3 Å². The fraction of sp³-hybridized carbons (Fsp3) is 0.833. The Morgan fingerprint density at radius 3 is 2.44 bits per heavy atom. The van der Waals surface area contributed by atoms with Gasteiger partial charge in [0, 0.05) is 11.3 Å². The molecule has 92 valence electrons. The summed E-state index contributed by atoms with van der Waals surface area (Å²) in [6, 6.07) is 0. The van der Waals surface area contributed by atoms with Crippen LogP contribution in [0.1, 0.15) is 25.7 Å². The van der Waals surface area contributed by atoms with Crippen molar-refractivity contribution >= 4 is 0 Å². The van der Waals surface area contributed by atoms with Crippen molar-refractivity contribution in [3.63, 3.8) is 0 Å². The third-order valence-corrected chi connectivity index (χ3v) is 3.57. The molecule has 2 atom stereocenters. The molecule has 0 aromatic heterocycles. The van der Waals surface area contributed by atoms with Crippen LogP contribution in [0.25, 0.3) is 0 Å². The smallest absolute Gasteiger partial charge is 0.118 e. The second-order valence-corrected chi connectivity index (χ2v) is 4.45. The molecule has 4 nitrogen and oxygen atoms in total. The molecule has 1 rings (SSSR count). The molecule has 4 heteroatoms. The first kappa shape index (κ1) is 13.5. The summed E-state index contributed by atoms with van der Waals surface area (Å²) >= 11 is 0. The van der Waals surface area contributed by atoms with Crippen LogP contribution in [0.4, 0.5) is 0 Å². The van der Waals surface area contributed by atoms with Gasteiger partial charge >= 0.3 is 0 Å². The highest BCUT2D eigenvalue weighted by Gasteiger charge is 2.43. The van der Waals surface area contributed by atoms with Gasteiger partial charge in [0.2, 0.25) is 0 Å². The van der Waals surface area contributed by atoms with Gasteiger partial charge in [-0.25, -0.2) is 0 Å². The summed E-state index contributed by atoms with van der Waals surface area (Å²) in [5, 5.41) is 37.3. The zero-order valence-corrected chi connectivity index (χ0v) is 9.39. The zero-order valence-electron chi connectivity index (χ0n) is 9.39. The van der Waals surface area contributed by atoms with E-state index in [1.807, 2.05) is 0 Å². The zero-order chi connectivity index (χ0) is 12.0. The maximum absolute atomic E-state index is 9.90. The Labute approximate surface area is 95.9 Å². The Morgan fingerprint density at radius 2 is 1.88 bits per heavy atom. The van der Waals surface area contributed by atoms with Crippen LogP contribution in [0, 0.1) is 23.2 Å². The summed E-state index contributed by atoms with van der Waals surface area (Å²) in [6.45, 7) is -0.549. The van der Waals surface area contributed by atoms with Crippen molar-refractivity contribution < 1.29 is 20.4 Å². The van der Waals surface area contributed by atoms with E-state index in [0.29, 0.717) is 6.42 Å². The molecule has 0 amide bonds. The Morgan fingerprint density at radius 1 is 1.19 bits per heavy atom. The van der Waals surface area contributed by atoms with Gasteiger partial charge in [-0.05, 0) is 12.8 Å². The minimum absolute atomic E-state index is 0.133. The molecule has 0 saturated heterocycles. The summed E-state index contributed by atoms with van der Waals surface area (Å²) in [7, 11) is 0. The maximum atomic E-state index is 9.90. The molecule has 0 bridgehead atoms. The van der Waals surface area contributed by atoms with Crippen LogP contribution in [-0.2, 0) is 0 Å². The Kier molecular flexibility index (Phi) is 5.23. The minimum atomic E-state index is -0.883. The lowest BCUT2D eigenvalue weighted by Gasteiger charge is -2.42. The van der Waals surface area contributed by atoms with Crippen LogP contribution < -0.4 is 0 Å². The minimum Gasteiger partial charge on any atom is -0.396 e. The third kappa shape index (κ3) is 2.74. The lowest BCUT2D eigenvalue weighted by Crippen LogP contribution is -2.45. The van der Waals surface area contributed by atoms with E-state index in [9.17, 15) is 15.3 Å². The van der Waals surface area contributed by atoms with E-state index in [4.69, 9.17) is 5.11 Å². The van der Waals surface area contributed by atoms with Crippen LogP contribution in [0.15, 0.2) is 0 Å². The van der Waals surface area contributed by atoms with Gasteiger partial charge in [0.05, 0.1) is 13.2 Å². The first-order valence-electron chi connectivity index (χ1n) is 5.69. The molecule has 2 unspecified atom stereocenters. The molecule has 1 saturated carbocycles. The van der Waals surface area contributed by atoms with Crippen LogP contribution in [-0.4, -0.2) is 46.4 Å². The first-order chi connectivity index (χ1) is 7.70. The summed E-state index contributed by atoms with van der Waals surface area (Å²) in [5.41, 5.74) is -0.623. The quantitative estimate of drug-likeness (QED) is 0.491. The monoisotopic (exact) mass is 228 g/mol. The first-order valence-corrected chi connectivity index (χ1v) is 5.69. The van der Waals surface area contributed by atoms with Crippen molar-refractivity contribution in [2.45, 2.75) is 31.8 Å². The third-order valence-electron chi connectivity index (χ3n) is 3.57. The molecule has 4 N–H and O–H groups in total. The van der Waals surface area contributed by atoms with Gasteiger partial charge in [0.1, 0.15) is 12.7 Å². The van der Waals surface area contributed by atoms with Crippen molar-refractivity contribution in [1.82, 2.24) is 0 Å². The van der Waals surface area contributed by atoms with E-state index in [1.54, 1.807) is 0 Å². The molecular formula is C12H20O4. The highest BCUT2D eigenvalue weighted by molar-refractivity contribution is 5.09. The standard InChI is InChI=1S/C12H20O4/c13-7-3-5-11(16)10-4-1-2-6-12(10,8-14)9-15/h10-11,13-16H,1-2,4,6-9H2. The molecule has 0 aliphatic heterocycles. The van der Waals surface area contributed by atoms with Gasteiger partial charge in [-0.15, -0.1) is 0 Å². The highest BCUT2D eigenvalue weighted by atomic mass is 16.3. The Hall–Kier alpha value is -0.600. The van der Waals surface area contributed by atoms with E-state index >= 15 is 0 Å². The van der Waals surface area contributed by atoms with Gasteiger partial charge in [-0.1, -0.05) is 24.7 Å². The van der Waals surface area contributed by atoms with Gasteiger partial charge in [-0.2, -0.15) is 0 Å². The molecule has 0 heterocycles. The van der Waals surface area contributed by atoms with Crippen molar-refractivity contribution in [1.29, 1.82) is 0 Å². The van der Waals surface area contributed by atoms with E-state index in [1.165, 1.54) is 0 Å². The van der Waals surface area contributed by atoms with Crippen LogP contribution in [0.2, 0.25) is 0 Å². The Bertz CT molecular complexity index is 262. The van der Waals surface area contributed by atoms with Crippen molar-refractivity contribution in [3.05, 3.63) is 0 Å². The second kappa shape index (κ2) is 6.21. The lowest BCUT2D eigenvalue weighted by atomic mass is 9.65. The molecule has 1 aliphatic carbocycles. The lowest BCUT2D eigenvalue weighted by molar-refractivity contribution is -0.0609. The fourth-order valence-corrected chi connectivity index (χ4v) is 2.52. The average molecular weight is 228 g/mol. The summed E-state index contributed by atoms with van der Waals surface area (Å²) in [6.07, 6.45) is 2.51. The number of aliphatic hydroxyl groups excluding tert-OH is 4. The predicted molar refractivity (Wildman–Crippen MR) is 59.4 cm³/mol. The summed E-state index contributed by atoms with van der Waals surface area (Å²) in [5.74, 6) is 4.77. The molecule has 1 aliphatic rings. The van der Waals surface area contributed by atoms with E-state index < -0.39 is 11.5 Å². The summed E-state index contributed by atoms with van der Waals surface area (Å²) in [4.78, 5) is 0. The van der Waals surface area contributed by atoms with Crippen molar-refractivity contribution in [3.8, 4) is 11.8 Å². The summed E-state index contributed by atoms with van der Waals surface area (Å²) < 4.78 is 0. The van der Waals surface area contributed by atoms with Crippen LogP contribution in [0.5, 0.6) is 0 Å². The molecule has 0 spiro atoms. The number of rotatable bonds is 3. The highest BCUT2D eigenvalue weighted by Crippen LogP contribution is 2.42. The number of aliphatic hydroxyl groups is 4. The Balaban J connectivity index is 2.80. The van der Waals surface area contributed by atoms with Crippen LogP contribution in [0.3, 0.4) is 0 Å². The second-order valence-electron chi connectivity index (χ2n) is 4.45. The number of hydrogen-bond donors (Lipinski definition) is 4. The predicted octanol–water partition coefficient (Wildman–Crippen LogP) is -0.496. The average Bonchev–Trinajstić information content (AvgIpc) is 2.35. The van der Waals surface area contributed by atoms with E-state index in [0.717, 1.165) is 19.3 Å². The van der Waals surface area contributed by atoms with Crippen LogP contribution >= 0.6 is 0 Å². The van der Waals surface area contributed by atoms with Crippen molar-refractivity contribution in [2.75, 3.05) is 19.8 Å². The largest absolute Gasteiger partial charge is 0.396 e. The van der Waals surface area contributed by atoms with Gasteiger partial charge in [0.15, 0.2) is 0 Å². The van der Waals surface area contributed by atoms with Gasteiger partial charge in [0.25, 0.3) is 0 Å². The molecule has 16 heavy (non-hydrogen) atoms. The molecule has 1 fully saturated rings. The van der Waals surface area contributed by atoms with Gasteiger partial charge in [-0.3, -0.25) is 0 Å². The molecular weight excluding hydrogens is 208 g/mol. The van der Waals surface area contributed by atoms with E-state index in [-0.39, 0.29) is 25.7 Å².